The van der Waals surface area contributed by atoms with Gasteiger partial charge in [0.1, 0.15) is 0 Å². The van der Waals surface area contributed by atoms with Crippen molar-refractivity contribution < 1.29 is 9.59 Å². The molecule has 0 heterocycles. The Hall–Kier alpha value is -2.42. The van der Waals surface area contributed by atoms with Crippen molar-refractivity contribution in [2.75, 3.05) is 5.73 Å². The molecule has 1 aliphatic carbocycles. The number of anilines is 1. The number of nitrogen functional groups attached to an aromatic ring is 1. The van der Waals surface area contributed by atoms with Crippen molar-refractivity contribution in [1.29, 1.82) is 0 Å². The van der Waals surface area contributed by atoms with E-state index in [1.165, 1.54) is 0 Å². The Labute approximate surface area is 123 Å². The maximum atomic E-state index is 12.9. The second-order valence-corrected chi connectivity index (χ2v) is 6.41. The number of fused-ring (bicyclic) bond motifs is 2. The zero-order valence-electron chi connectivity index (χ0n) is 12.4. The standard InChI is InChI=1S/C18H17NO2/c1-18(2,3)12-8-9-13(19)15-14(12)16(20)10-6-4-5-7-11(10)17(15)21/h4-9H,19H2,1-3H3. The lowest BCUT2D eigenvalue weighted by Crippen LogP contribution is -2.27. The molecule has 0 atom stereocenters. The summed E-state index contributed by atoms with van der Waals surface area (Å²) in [6.45, 7) is 6.07. The van der Waals surface area contributed by atoms with Crippen molar-refractivity contribution in [2.45, 2.75) is 26.2 Å². The van der Waals surface area contributed by atoms with Crippen molar-refractivity contribution >= 4 is 17.3 Å². The number of hydrogen-bond donors (Lipinski definition) is 1. The number of benzene rings is 2. The van der Waals surface area contributed by atoms with Crippen molar-refractivity contribution in [2.24, 2.45) is 0 Å². The van der Waals surface area contributed by atoms with Crippen LogP contribution in [0.15, 0.2) is 36.4 Å². The zero-order valence-corrected chi connectivity index (χ0v) is 12.4. The molecule has 2 aromatic carbocycles. The molecular weight excluding hydrogens is 262 g/mol. The van der Waals surface area contributed by atoms with Gasteiger partial charge in [0.25, 0.3) is 0 Å². The Morgan fingerprint density at radius 1 is 0.810 bits per heavy atom. The average molecular weight is 279 g/mol. The largest absolute Gasteiger partial charge is 0.398 e. The first kappa shape index (κ1) is 13.6. The van der Waals surface area contributed by atoms with E-state index >= 15 is 0 Å². The van der Waals surface area contributed by atoms with Crippen LogP contribution in [0.5, 0.6) is 0 Å². The predicted octanol–water partition coefficient (Wildman–Crippen LogP) is 3.34. The molecule has 106 valence electrons. The fraction of sp³-hybridized carbons (Fsp3) is 0.222. The summed E-state index contributed by atoms with van der Waals surface area (Å²) in [4.78, 5) is 25.6. The lowest BCUT2D eigenvalue weighted by atomic mass is 9.75. The fourth-order valence-electron chi connectivity index (χ4n) is 2.87. The summed E-state index contributed by atoms with van der Waals surface area (Å²) in [5.74, 6) is -0.277. The van der Waals surface area contributed by atoms with Gasteiger partial charge in [0.2, 0.25) is 0 Å². The lowest BCUT2D eigenvalue weighted by Gasteiger charge is -2.27. The van der Waals surface area contributed by atoms with Crippen LogP contribution in [-0.2, 0) is 5.41 Å². The Kier molecular flexibility index (Phi) is 2.77. The summed E-state index contributed by atoms with van der Waals surface area (Å²) < 4.78 is 0. The van der Waals surface area contributed by atoms with Crippen LogP contribution in [-0.4, -0.2) is 11.6 Å². The van der Waals surface area contributed by atoms with E-state index in [0.717, 1.165) is 5.56 Å². The van der Waals surface area contributed by atoms with Gasteiger partial charge in [-0.1, -0.05) is 51.1 Å². The smallest absolute Gasteiger partial charge is 0.196 e. The summed E-state index contributed by atoms with van der Waals surface area (Å²) in [5, 5.41) is 0. The van der Waals surface area contributed by atoms with Gasteiger partial charge in [0.05, 0.1) is 5.56 Å². The molecular formula is C18H17NO2. The highest BCUT2D eigenvalue weighted by atomic mass is 16.1. The monoisotopic (exact) mass is 279 g/mol. The normalized spacial score (nSPS) is 13.9. The molecule has 0 aromatic heterocycles. The van der Waals surface area contributed by atoms with Crippen molar-refractivity contribution in [3.63, 3.8) is 0 Å². The second-order valence-electron chi connectivity index (χ2n) is 6.41. The van der Waals surface area contributed by atoms with Crippen LogP contribution in [0.3, 0.4) is 0 Å². The third-order valence-corrected chi connectivity index (χ3v) is 3.92. The van der Waals surface area contributed by atoms with Crippen molar-refractivity contribution in [3.8, 4) is 0 Å². The highest BCUT2D eigenvalue weighted by Crippen LogP contribution is 2.37. The van der Waals surface area contributed by atoms with Crippen LogP contribution in [0.1, 0.15) is 58.2 Å². The first-order valence-corrected chi connectivity index (χ1v) is 6.93. The molecule has 3 heteroatoms. The van der Waals surface area contributed by atoms with Gasteiger partial charge in [-0.2, -0.15) is 0 Å². The fourth-order valence-corrected chi connectivity index (χ4v) is 2.87. The number of rotatable bonds is 0. The van der Waals surface area contributed by atoms with E-state index in [2.05, 4.69) is 0 Å². The predicted molar refractivity (Wildman–Crippen MR) is 82.9 cm³/mol. The number of carbonyl (C=O) groups excluding carboxylic acids is 2. The Balaban J connectivity index is 2.40. The number of hydrogen-bond acceptors (Lipinski definition) is 3. The quantitative estimate of drug-likeness (QED) is 0.642. The second kappa shape index (κ2) is 4.29. The summed E-state index contributed by atoms with van der Waals surface area (Å²) in [6.07, 6.45) is 0. The molecule has 1 aliphatic rings. The molecule has 0 radical (unpaired) electrons. The van der Waals surface area contributed by atoms with E-state index in [-0.39, 0.29) is 17.0 Å². The van der Waals surface area contributed by atoms with Crippen LogP contribution in [0.4, 0.5) is 5.69 Å². The van der Waals surface area contributed by atoms with Crippen LogP contribution in [0.2, 0.25) is 0 Å². The van der Waals surface area contributed by atoms with Gasteiger partial charge in [0, 0.05) is 22.4 Å². The number of carbonyl (C=O) groups is 2. The van der Waals surface area contributed by atoms with Gasteiger partial charge in [0.15, 0.2) is 11.6 Å². The van der Waals surface area contributed by atoms with Gasteiger partial charge >= 0.3 is 0 Å². The zero-order chi connectivity index (χ0) is 15.4. The lowest BCUT2D eigenvalue weighted by molar-refractivity contribution is 0.0978. The minimum atomic E-state index is -0.236. The Morgan fingerprint density at radius 2 is 1.33 bits per heavy atom. The molecule has 0 fully saturated rings. The van der Waals surface area contributed by atoms with Gasteiger partial charge in [-0.3, -0.25) is 9.59 Å². The van der Waals surface area contributed by atoms with Crippen LogP contribution in [0.25, 0.3) is 0 Å². The maximum Gasteiger partial charge on any atom is 0.196 e. The van der Waals surface area contributed by atoms with Crippen LogP contribution < -0.4 is 5.73 Å². The van der Waals surface area contributed by atoms with E-state index < -0.39 is 0 Å². The topological polar surface area (TPSA) is 60.2 Å². The van der Waals surface area contributed by atoms with E-state index in [1.54, 1.807) is 30.3 Å². The summed E-state index contributed by atoms with van der Waals surface area (Å²) in [6, 6.07) is 10.5. The molecule has 0 aliphatic heterocycles. The third kappa shape index (κ3) is 1.88. The van der Waals surface area contributed by atoms with E-state index in [9.17, 15) is 9.59 Å². The number of nitrogens with two attached hydrogens (primary N) is 1. The molecule has 0 unspecified atom stereocenters. The average Bonchev–Trinajstić information content (AvgIpc) is 2.43. The molecule has 2 N–H and O–H groups in total. The maximum absolute atomic E-state index is 12.9. The summed E-state index contributed by atoms with van der Waals surface area (Å²) >= 11 is 0. The molecule has 3 rings (SSSR count). The Morgan fingerprint density at radius 3 is 1.86 bits per heavy atom. The highest BCUT2D eigenvalue weighted by molar-refractivity contribution is 6.30. The molecule has 3 nitrogen and oxygen atoms in total. The molecule has 2 aromatic rings. The SMILES string of the molecule is CC(C)(C)c1ccc(N)c2c1C(=O)c1ccccc1C2=O. The van der Waals surface area contributed by atoms with E-state index in [4.69, 9.17) is 5.73 Å². The minimum absolute atomic E-state index is 0.113. The Bertz CT molecular complexity index is 782. The molecule has 0 saturated heterocycles. The van der Waals surface area contributed by atoms with Crippen molar-refractivity contribution in [1.82, 2.24) is 0 Å². The van der Waals surface area contributed by atoms with Crippen molar-refractivity contribution in [3.05, 3.63) is 64.2 Å². The number of ketones is 2. The molecule has 0 amide bonds. The van der Waals surface area contributed by atoms with Gasteiger partial charge < -0.3 is 5.73 Å². The molecule has 21 heavy (non-hydrogen) atoms. The van der Waals surface area contributed by atoms with Gasteiger partial charge in [-0.15, -0.1) is 0 Å². The third-order valence-electron chi connectivity index (χ3n) is 3.92. The summed E-state index contributed by atoms with van der Waals surface area (Å²) in [5.41, 5.74) is 8.70. The minimum Gasteiger partial charge on any atom is -0.398 e. The van der Waals surface area contributed by atoms with Crippen LogP contribution >= 0.6 is 0 Å². The highest BCUT2D eigenvalue weighted by Gasteiger charge is 2.35. The van der Waals surface area contributed by atoms with Gasteiger partial charge in [-0.05, 0) is 17.0 Å². The first-order valence-electron chi connectivity index (χ1n) is 6.93. The molecule has 0 saturated carbocycles. The summed E-state index contributed by atoms with van der Waals surface area (Å²) in [7, 11) is 0. The van der Waals surface area contributed by atoms with E-state index in [0.29, 0.717) is 27.9 Å². The molecule has 0 bridgehead atoms. The van der Waals surface area contributed by atoms with Crippen LogP contribution in [0, 0.1) is 0 Å². The first-order chi connectivity index (χ1) is 9.82. The molecule has 0 spiro atoms. The van der Waals surface area contributed by atoms with Gasteiger partial charge in [-0.25, -0.2) is 0 Å². The van der Waals surface area contributed by atoms with E-state index in [1.807, 2.05) is 26.8 Å².